The molecule has 2 heterocycles. The van der Waals surface area contributed by atoms with E-state index in [0.29, 0.717) is 22.7 Å². The van der Waals surface area contributed by atoms with Crippen LogP contribution in [0.3, 0.4) is 0 Å². The fraction of sp³-hybridized carbons (Fsp3) is 0.188. The van der Waals surface area contributed by atoms with Crippen LogP contribution in [0.2, 0.25) is 0 Å². The summed E-state index contributed by atoms with van der Waals surface area (Å²) in [5.41, 5.74) is 6.66. The highest BCUT2D eigenvalue weighted by molar-refractivity contribution is 6.01. The second-order valence-corrected chi connectivity index (χ2v) is 5.28. The molecule has 0 fully saturated rings. The lowest BCUT2D eigenvalue weighted by Crippen LogP contribution is -2.35. The molecule has 2 N–H and O–H groups in total. The number of nitrogen functional groups attached to an aromatic ring is 1. The van der Waals surface area contributed by atoms with E-state index in [1.807, 2.05) is 0 Å². The summed E-state index contributed by atoms with van der Waals surface area (Å²) in [6.45, 7) is -0.142. The zero-order valence-corrected chi connectivity index (χ0v) is 12.5. The molecule has 2 aromatic rings. The van der Waals surface area contributed by atoms with Crippen LogP contribution in [-0.4, -0.2) is 29.9 Å². The molecule has 0 spiro atoms. The van der Waals surface area contributed by atoms with E-state index >= 15 is 0 Å². The first kappa shape index (κ1) is 14.8. The van der Waals surface area contributed by atoms with Crippen LogP contribution in [0.1, 0.15) is 10.4 Å². The summed E-state index contributed by atoms with van der Waals surface area (Å²) < 4.78 is 6.57. The number of nitrogens with two attached hydrogens (primary N) is 1. The molecule has 7 heteroatoms. The molecule has 23 heavy (non-hydrogen) atoms. The Kier molecular flexibility index (Phi) is 3.61. The van der Waals surface area contributed by atoms with Crippen molar-refractivity contribution in [3.8, 4) is 5.75 Å². The summed E-state index contributed by atoms with van der Waals surface area (Å²) in [7, 11) is 1.63. The molecule has 7 nitrogen and oxygen atoms in total. The van der Waals surface area contributed by atoms with Crippen LogP contribution in [0.15, 0.2) is 41.3 Å². The van der Waals surface area contributed by atoms with Gasteiger partial charge in [0.1, 0.15) is 5.75 Å². The number of hydrogen-bond acceptors (Lipinski definition) is 5. The maximum absolute atomic E-state index is 12.4. The maximum Gasteiger partial charge on any atom is 0.264 e. The van der Waals surface area contributed by atoms with Gasteiger partial charge in [-0.3, -0.25) is 14.4 Å². The Balaban J connectivity index is 1.90. The molecule has 0 saturated heterocycles. The smallest absolute Gasteiger partial charge is 0.264 e. The van der Waals surface area contributed by atoms with Gasteiger partial charge in [0.25, 0.3) is 11.5 Å². The second-order valence-electron chi connectivity index (χ2n) is 5.28. The number of ketones is 1. The molecule has 0 aliphatic carbocycles. The van der Waals surface area contributed by atoms with Crippen LogP contribution in [0.25, 0.3) is 0 Å². The number of hydrogen-bond donors (Lipinski definition) is 1. The molecule has 1 aliphatic heterocycles. The number of nitrogens with zero attached hydrogens (tertiary/aromatic N) is 2. The fourth-order valence-corrected chi connectivity index (χ4v) is 2.37. The molecule has 0 bridgehead atoms. The Morgan fingerprint density at radius 2 is 2.04 bits per heavy atom. The largest absolute Gasteiger partial charge is 0.482 e. The van der Waals surface area contributed by atoms with Gasteiger partial charge in [-0.05, 0) is 24.3 Å². The van der Waals surface area contributed by atoms with Crippen molar-refractivity contribution >= 4 is 23.1 Å². The number of fused-ring (bicyclic) bond motifs is 1. The highest BCUT2D eigenvalue weighted by Crippen LogP contribution is 2.32. The number of anilines is 2. The molecule has 1 amide bonds. The quantitative estimate of drug-likeness (QED) is 0.840. The van der Waals surface area contributed by atoms with E-state index in [0.717, 1.165) is 0 Å². The minimum absolute atomic E-state index is 0.0184. The van der Waals surface area contributed by atoms with Crippen molar-refractivity contribution in [2.75, 3.05) is 24.3 Å². The average molecular weight is 313 g/mol. The van der Waals surface area contributed by atoms with E-state index in [2.05, 4.69) is 0 Å². The third kappa shape index (κ3) is 2.80. The Morgan fingerprint density at radius 3 is 2.83 bits per heavy atom. The minimum Gasteiger partial charge on any atom is -0.482 e. The molecule has 118 valence electrons. The Labute approximate surface area is 131 Å². The summed E-state index contributed by atoms with van der Waals surface area (Å²) in [6.07, 6.45) is 1.43. The molecule has 0 saturated carbocycles. The first-order chi connectivity index (χ1) is 11.0. The molecule has 0 atom stereocenters. The third-order valence-corrected chi connectivity index (χ3v) is 3.69. The monoisotopic (exact) mass is 313 g/mol. The van der Waals surface area contributed by atoms with Crippen LogP contribution in [0.4, 0.5) is 11.4 Å². The average Bonchev–Trinajstić information content (AvgIpc) is 2.54. The Morgan fingerprint density at radius 1 is 1.26 bits per heavy atom. The zero-order valence-electron chi connectivity index (χ0n) is 12.5. The topological polar surface area (TPSA) is 94.6 Å². The number of carbonyl (C=O) groups is 2. The van der Waals surface area contributed by atoms with Crippen molar-refractivity contribution in [3.05, 3.63) is 52.4 Å². The highest BCUT2D eigenvalue weighted by Gasteiger charge is 2.23. The Hall–Kier alpha value is -3.09. The van der Waals surface area contributed by atoms with E-state index in [1.54, 1.807) is 25.2 Å². The lowest BCUT2D eigenvalue weighted by atomic mass is 10.1. The number of ether oxygens (including phenoxy) is 1. The summed E-state index contributed by atoms with van der Waals surface area (Å²) >= 11 is 0. The molecule has 1 aromatic heterocycles. The van der Waals surface area contributed by atoms with Crippen molar-refractivity contribution in [3.63, 3.8) is 0 Å². The van der Waals surface area contributed by atoms with Gasteiger partial charge in [0, 0.05) is 30.6 Å². The maximum atomic E-state index is 12.4. The van der Waals surface area contributed by atoms with E-state index in [9.17, 15) is 14.4 Å². The summed E-state index contributed by atoms with van der Waals surface area (Å²) in [5.74, 6) is 0.103. The molecule has 0 unspecified atom stereocenters. The highest BCUT2D eigenvalue weighted by atomic mass is 16.5. The van der Waals surface area contributed by atoms with Gasteiger partial charge in [0.2, 0.25) is 0 Å². The van der Waals surface area contributed by atoms with Crippen LogP contribution in [0.5, 0.6) is 5.75 Å². The SMILES string of the molecule is CN1C(=O)COc2ccc(C(=O)Cn3cc(N)ccc3=O)cc21. The van der Waals surface area contributed by atoms with Crippen molar-refractivity contribution < 1.29 is 14.3 Å². The lowest BCUT2D eigenvalue weighted by molar-refractivity contribution is -0.120. The van der Waals surface area contributed by atoms with E-state index in [4.69, 9.17) is 10.5 Å². The van der Waals surface area contributed by atoms with Gasteiger partial charge in [0.15, 0.2) is 12.4 Å². The van der Waals surface area contributed by atoms with E-state index < -0.39 is 0 Å². The first-order valence-corrected chi connectivity index (χ1v) is 6.98. The number of Topliss-reactive ketones (excluding diaryl/α,β-unsaturated/α-hetero) is 1. The van der Waals surface area contributed by atoms with Gasteiger partial charge in [-0.2, -0.15) is 0 Å². The lowest BCUT2D eigenvalue weighted by Gasteiger charge is -2.26. The van der Waals surface area contributed by atoms with Crippen LogP contribution < -0.4 is 20.9 Å². The minimum atomic E-state index is -0.305. The van der Waals surface area contributed by atoms with E-state index in [1.165, 1.54) is 27.8 Å². The predicted molar refractivity (Wildman–Crippen MR) is 84.8 cm³/mol. The van der Waals surface area contributed by atoms with Gasteiger partial charge in [-0.25, -0.2) is 0 Å². The molecule has 3 rings (SSSR count). The number of amides is 1. The molecule has 1 aliphatic rings. The molecular weight excluding hydrogens is 298 g/mol. The number of pyridine rings is 1. The van der Waals surface area contributed by atoms with Gasteiger partial charge >= 0.3 is 0 Å². The number of benzene rings is 1. The standard InChI is InChI=1S/C16H15N3O4/c1-18-12-6-10(2-4-14(12)23-9-16(18)22)13(20)8-19-7-11(17)3-5-15(19)21/h2-7H,8-9,17H2,1H3. The normalized spacial score (nSPS) is 13.4. The van der Waals surface area contributed by atoms with Crippen LogP contribution in [0, 0.1) is 0 Å². The summed E-state index contributed by atoms with van der Waals surface area (Å²) in [6, 6.07) is 7.65. The van der Waals surface area contributed by atoms with Crippen LogP contribution in [-0.2, 0) is 11.3 Å². The number of likely N-dealkylation sites (N-methyl/N-ethyl adjacent to an activating group) is 1. The zero-order chi connectivity index (χ0) is 16.6. The van der Waals surface area contributed by atoms with Gasteiger partial charge in [0.05, 0.1) is 12.2 Å². The Bertz CT molecular complexity index is 857. The summed E-state index contributed by atoms with van der Waals surface area (Å²) in [4.78, 5) is 37.3. The van der Waals surface area contributed by atoms with Crippen molar-refractivity contribution in [2.24, 2.45) is 0 Å². The van der Waals surface area contributed by atoms with Gasteiger partial charge in [-0.1, -0.05) is 0 Å². The number of carbonyl (C=O) groups excluding carboxylic acids is 2. The van der Waals surface area contributed by atoms with Gasteiger partial charge in [-0.15, -0.1) is 0 Å². The van der Waals surface area contributed by atoms with Crippen molar-refractivity contribution in [1.29, 1.82) is 0 Å². The predicted octanol–water partition coefficient (Wildman–Crippen LogP) is 0.669. The second kappa shape index (κ2) is 5.60. The van der Waals surface area contributed by atoms with Gasteiger partial charge < -0.3 is 19.9 Å². The molecule has 0 radical (unpaired) electrons. The van der Waals surface area contributed by atoms with Crippen molar-refractivity contribution in [2.45, 2.75) is 6.54 Å². The number of rotatable bonds is 3. The molecular formula is C16H15N3O4. The van der Waals surface area contributed by atoms with Crippen molar-refractivity contribution in [1.82, 2.24) is 4.57 Å². The third-order valence-electron chi connectivity index (χ3n) is 3.69. The summed E-state index contributed by atoms with van der Waals surface area (Å²) in [5, 5.41) is 0. The van der Waals surface area contributed by atoms with E-state index in [-0.39, 0.29) is 30.4 Å². The number of aromatic nitrogens is 1. The van der Waals surface area contributed by atoms with Crippen LogP contribution >= 0.6 is 0 Å². The fourth-order valence-electron chi connectivity index (χ4n) is 2.37. The first-order valence-electron chi connectivity index (χ1n) is 6.98. The molecule has 1 aromatic carbocycles.